The number of carbonyl (C=O) groups excluding carboxylic acids is 1. The third-order valence-corrected chi connectivity index (χ3v) is 4.62. The number of amides is 2. The van der Waals surface area contributed by atoms with Crippen LogP contribution in [0.5, 0.6) is 0 Å². The van der Waals surface area contributed by atoms with Gasteiger partial charge in [0.15, 0.2) is 0 Å². The normalized spacial score (nSPS) is 17.0. The Hall–Kier alpha value is -2.27. The van der Waals surface area contributed by atoms with E-state index in [9.17, 15) is 4.79 Å². The molecule has 0 aliphatic carbocycles. The number of nitrogens with one attached hydrogen (secondary N) is 1. The standard InChI is InChI=1S/C19H25N3O2/c1-4-17-6-5-9-22(17)19(23)20-16-7-8-18-15(13-16)12-14(2)21(18)10-11-24-3/h5-8,12-13,17H,4,9-11H2,1-3H3,(H,20,23)/t17-/m1/s1. The van der Waals surface area contributed by atoms with E-state index in [1.807, 2.05) is 17.0 Å². The maximum absolute atomic E-state index is 12.5. The van der Waals surface area contributed by atoms with E-state index in [-0.39, 0.29) is 12.1 Å². The SMILES string of the molecule is CC[C@@H]1C=CCN1C(=O)Nc1ccc2c(c1)cc(C)n2CCOC. The summed E-state index contributed by atoms with van der Waals surface area (Å²) in [5.41, 5.74) is 3.19. The van der Waals surface area contributed by atoms with E-state index in [1.54, 1.807) is 7.11 Å². The third-order valence-electron chi connectivity index (χ3n) is 4.62. The predicted octanol–water partition coefficient (Wildman–Crippen LogP) is 3.78. The summed E-state index contributed by atoms with van der Waals surface area (Å²) >= 11 is 0. The van der Waals surface area contributed by atoms with Crippen molar-refractivity contribution in [3.8, 4) is 0 Å². The van der Waals surface area contributed by atoms with Gasteiger partial charge in [-0.25, -0.2) is 4.79 Å². The van der Waals surface area contributed by atoms with Gasteiger partial charge in [-0.2, -0.15) is 0 Å². The van der Waals surface area contributed by atoms with Gasteiger partial charge in [0.25, 0.3) is 0 Å². The van der Waals surface area contributed by atoms with E-state index in [4.69, 9.17) is 4.74 Å². The lowest BCUT2D eigenvalue weighted by molar-refractivity contribution is 0.188. The van der Waals surface area contributed by atoms with Crippen molar-refractivity contribution < 1.29 is 9.53 Å². The monoisotopic (exact) mass is 327 g/mol. The fraction of sp³-hybridized carbons (Fsp3) is 0.421. The van der Waals surface area contributed by atoms with Gasteiger partial charge in [-0.15, -0.1) is 0 Å². The fourth-order valence-corrected chi connectivity index (χ4v) is 3.32. The molecule has 1 N–H and O–H groups in total. The molecule has 1 aliphatic heterocycles. The topological polar surface area (TPSA) is 46.5 Å². The summed E-state index contributed by atoms with van der Waals surface area (Å²) in [6.07, 6.45) is 5.09. The van der Waals surface area contributed by atoms with E-state index in [2.05, 4.69) is 48.0 Å². The van der Waals surface area contributed by atoms with Crippen LogP contribution in [0, 0.1) is 6.92 Å². The van der Waals surface area contributed by atoms with E-state index in [1.165, 1.54) is 5.69 Å². The van der Waals surface area contributed by atoms with Crippen LogP contribution in [0.15, 0.2) is 36.4 Å². The Morgan fingerprint density at radius 3 is 2.96 bits per heavy atom. The second-order valence-electron chi connectivity index (χ2n) is 6.19. The Balaban J connectivity index is 1.77. The van der Waals surface area contributed by atoms with Crippen molar-refractivity contribution in [1.82, 2.24) is 9.47 Å². The molecule has 24 heavy (non-hydrogen) atoms. The molecule has 3 rings (SSSR count). The number of fused-ring (bicyclic) bond motifs is 1. The lowest BCUT2D eigenvalue weighted by Crippen LogP contribution is -2.38. The molecule has 0 unspecified atom stereocenters. The molecule has 0 saturated carbocycles. The maximum atomic E-state index is 12.5. The summed E-state index contributed by atoms with van der Waals surface area (Å²) < 4.78 is 7.42. The van der Waals surface area contributed by atoms with Gasteiger partial charge in [-0.1, -0.05) is 19.1 Å². The van der Waals surface area contributed by atoms with Crippen molar-refractivity contribution in [2.75, 3.05) is 25.6 Å². The van der Waals surface area contributed by atoms with Crippen LogP contribution in [-0.2, 0) is 11.3 Å². The summed E-state index contributed by atoms with van der Waals surface area (Å²) in [5, 5.41) is 4.16. The molecule has 0 fully saturated rings. The molecule has 2 heterocycles. The highest BCUT2D eigenvalue weighted by molar-refractivity contribution is 5.93. The smallest absolute Gasteiger partial charge is 0.322 e. The number of nitrogens with zero attached hydrogens (tertiary/aromatic N) is 2. The van der Waals surface area contributed by atoms with Gasteiger partial charge in [0.1, 0.15) is 0 Å². The molecular weight excluding hydrogens is 302 g/mol. The third kappa shape index (κ3) is 3.17. The molecule has 1 aromatic heterocycles. The number of benzene rings is 1. The van der Waals surface area contributed by atoms with E-state index < -0.39 is 0 Å². The average Bonchev–Trinajstić information content (AvgIpc) is 3.16. The number of carbonyl (C=O) groups is 1. The van der Waals surface area contributed by atoms with Gasteiger partial charge in [0.2, 0.25) is 0 Å². The highest BCUT2D eigenvalue weighted by Crippen LogP contribution is 2.24. The van der Waals surface area contributed by atoms with Crippen molar-refractivity contribution in [2.45, 2.75) is 32.9 Å². The molecule has 0 spiro atoms. The Labute approximate surface area is 142 Å². The largest absolute Gasteiger partial charge is 0.383 e. The van der Waals surface area contributed by atoms with Crippen molar-refractivity contribution in [1.29, 1.82) is 0 Å². The van der Waals surface area contributed by atoms with Crippen LogP contribution in [-0.4, -0.2) is 41.8 Å². The Morgan fingerprint density at radius 2 is 2.21 bits per heavy atom. The van der Waals surface area contributed by atoms with Crippen LogP contribution in [0.3, 0.4) is 0 Å². The molecule has 1 aromatic carbocycles. The Bertz CT molecular complexity index is 763. The fourth-order valence-electron chi connectivity index (χ4n) is 3.32. The van der Waals surface area contributed by atoms with Gasteiger partial charge in [-0.05, 0) is 37.6 Å². The molecule has 0 radical (unpaired) electrons. The molecular formula is C19H25N3O2. The zero-order chi connectivity index (χ0) is 17.1. The average molecular weight is 327 g/mol. The molecule has 1 atom stereocenters. The zero-order valence-corrected chi connectivity index (χ0v) is 14.6. The Morgan fingerprint density at radius 1 is 1.38 bits per heavy atom. The summed E-state index contributed by atoms with van der Waals surface area (Å²) in [5.74, 6) is 0. The van der Waals surface area contributed by atoms with E-state index >= 15 is 0 Å². The number of methoxy groups -OCH3 is 1. The minimum atomic E-state index is -0.0401. The van der Waals surface area contributed by atoms with Crippen LogP contribution < -0.4 is 5.32 Å². The summed E-state index contributed by atoms with van der Waals surface area (Å²) in [4.78, 5) is 14.3. The van der Waals surface area contributed by atoms with Gasteiger partial charge in [-0.3, -0.25) is 0 Å². The van der Waals surface area contributed by atoms with Crippen molar-refractivity contribution in [3.63, 3.8) is 0 Å². The molecule has 0 saturated heterocycles. The summed E-state index contributed by atoms with van der Waals surface area (Å²) in [7, 11) is 1.71. The van der Waals surface area contributed by atoms with Crippen LogP contribution in [0.25, 0.3) is 10.9 Å². The van der Waals surface area contributed by atoms with Crippen molar-refractivity contribution in [2.24, 2.45) is 0 Å². The molecule has 5 nitrogen and oxygen atoms in total. The number of rotatable bonds is 5. The first-order chi connectivity index (χ1) is 11.6. The van der Waals surface area contributed by atoms with Crippen molar-refractivity contribution >= 4 is 22.6 Å². The van der Waals surface area contributed by atoms with E-state index in [0.717, 1.165) is 29.6 Å². The number of hydrogen-bond acceptors (Lipinski definition) is 2. The number of anilines is 1. The minimum absolute atomic E-state index is 0.0401. The van der Waals surface area contributed by atoms with E-state index in [0.29, 0.717) is 13.2 Å². The van der Waals surface area contributed by atoms with Gasteiger partial charge in [0.05, 0.1) is 12.6 Å². The van der Waals surface area contributed by atoms with Gasteiger partial charge in [0, 0.05) is 42.5 Å². The molecule has 5 heteroatoms. The highest BCUT2D eigenvalue weighted by atomic mass is 16.5. The quantitative estimate of drug-likeness (QED) is 0.850. The minimum Gasteiger partial charge on any atom is -0.383 e. The molecule has 0 bridgehead atoms. The molecule has 128 valence electrons. The maximum Gasteiger partial charge on any atom is 0.322 e. The zero-order valence-electron chi connectivity index (χ0n) is 14.6. The lowest BCUT2D eigenvalue weighted by Gasteiger charge is -2.23. The Kier molecular flexibility index (Phi) is 4.90. The lowest BCUT2D eigenvalue weighted by atomic mass is 10.2. The highest BCUT2D eigenvalue weighted by Gasteiger charge is 2.23. The van der Waals surface area contributed by atoms with Crippen LogP contribution in [0.1, 0.15) is 19.0 Å². The first-order valence-electron chi connectivity index (χ1n) is 8.47. The number of ether oxygens (including phenoxy) is 1. The molecule has 1 aliphatic rings. The molecule has 2 aromatic rings. The molecule has 2 amide bonds. The first kappa shape index (κ1) is 16.6. The number of aryl methyl sites for hydroxylation is 1. The second-order valence-corrected chi connectivity index (χ2v) is 6.19. The first-order valence-corrected chi connectivity index (χ1v) is 8.47. The van der Waals surface area contributed by atoms with Crippen LogP contribution in [0.4, 0.5) is 10.5 Å². The van der Waals surface area contributed by atoms with Gasteiger partial charge < -0.3 is 19.5 Å². The van der Waals surface area contributed by atoms with Crippen molar-refractivity contribution in [3.05, 3.63) is 42.1 Å². The number of aromatic nitrogens is 1. The van der Waals surface area contributed by atoms with Gasteiger partial charge >= 0.3 is 6.03 Å². The second kappa shape index (κ2) is 7.09. The number of urea groups is 1. The number of hydrogen-bond donors (Lipinski definition) is 1. The van der Waals surface area contributed by atoms with Crippen LogP contribution in [0.2, 0.25) is 0 Å². The predicted molar refractivity (Wildman–Crippen MR) is 97.5 cm³/mol. The summed E-state index contributed by atoms with van der Waals surface area (Å²) in [6.45, 7) is 6.38. The summed E-state index contributed by atoms with van der Waals surface area (Å²) in [6, 6.07) is 8.37. The van der Waals surface area contributed by atoms with Crippen LogP contribution >= 0.6 is 0 Å².